The number of nitrogens with zero attached hydrogens (tertiary/aromatic N) is 1. The lowest BCUT2D eigenvalue weighted by atomic mass is 10.3. The molecule has 0 heterocycles. The topological polar surface area (TPSA) is 83.9 Å². The van der Waals surface area contributed by atoms with Crippen molar-refractivity contribution < 1.29 is 23.1 Å². The van der Waals surface area contributed by atoms with Crippen LogP contribution in [0, 0.1) is 0 Å². The van der Waals surface area contributed by atoms with Gasteiger partial charge in [0.15, 0.2) is 0 Å². The normalized spacial score (nSPS) is 12.0. The van der Waals surface area contributed by atoms with Gasteiger partial charge in [-0.3, -0.25) is 4.79 Å². The Hall–Kier alpha value is -1.02. The van der Waals surface area contributed by atoms with Crippen molar-refractivity contribution in [2.75, 3.05) is 13.7 Å². The molecule has 1 aromatic rings. The molecule has 6 nitrogen and oxygen atoms in total. The number of ether oxygens (including phenoxy) is 1. The van der Waals surface area contributed by atoms with Gasteiger partial charge in [-0.1, -0.05) is 23.2 Å². The monoisotopic (exact) mass is 355 g/mol. The van der Waals surface area contributed by atoms with Crippen molar-refractivity contribution >= 4 is 39.2 Å². The third kappa shape index (κ3) is 4.00. The second-order valence-corrected chi connectivity index (χ2v) is 7.13. The first-order valence-corrected chi connectivity index (χ1v) is 8.07. The lowest BCUT2D eigenvalue weighted by molar-refractivity contribution is -0.137. The highest BCUT2D eigenvalue weighted by molar-refractivity contribution is 7.89. The number of hydrogen-bond donors (Lipinski definition) is 1. The minimum absolute atomic E-state index is 0.0690. The summed E-state index contributed by atoms with van der Waals surface area (Å²) in [6.45, 7) is 2.47. The zero-order valence-corrected chi connectivity index (χ0v) is 14.0. The van der Waals surface area contributed by atoms with Gasteiger partial charge in [0, 0.05) is 12.1 Å². The minimum atomic E-state index is -4.09. The molecule has 0 fully saturated rings. The van der Waals surface area contributed by atoms with Crippen LogP contribution in [0.4, 0.5) is 0 Å². The van der Waals surface area contributed by atoms with Gasteiger partial charge in [-0.15, -0.1) is 0 Å². The van der Waals surface area contributed by atoms with Gasteiger partial charge < -0.3 is 9.84 Å². The van der Waals surface area contributed by atoms with Crippen molar-refractivity contribution in [1.82, 2.24) is 4.31 Å². The Balaban J connectivity index is 3.41. The number of methoxy groups -OCH3 is 1. The molecule has 0 spiro atoms. The van der Waals surface area contributed by atoms with Crippen molar-refractivity contribution in [1.29, 1.82) is 0 Å². The third-order valence-electron chi connectivity index (χ3n) is 2.66. The zero-order valence-electron chi connectivity index (χ0n) is 11.6. The van der Waals surface area contributed by atoms with E-state index in [1.807, 2.05) is 0 Å². The molecule has 0 unspecified atom stereocenters. The number of hydrogen-bond acceptors (Lipinski definition) is 4. The maximum Gasteiger partial charge on any atom is 0.318 e. The summed E-state index contributed by atoms with van der Waals surface area (Å²) in [6, 6.07) is 1.87. The fourth-order valence-corrected chi connectivity index (χ4v) is 4.08. The van der Waals surface area contributed by atoms with Crippen LogP contribution in [0.3, 0.4) is 0 Å². The Morgan fingerprint density at radius 2 is 1.90 bits per heavy atom. The van der Waals surface area contributed by atoms with E-state index in [4.69, 9.17) is 33.0 Å². The summed E-state index contributed by atoms with van der Waals surface area (Å²) in [6.07, 6.45) is 0. The van der Waals surface area contributed by atoms with Gasteiger partial charge in [0.05, 0.1) is 17.2 Å². The fraction of sp³-hybridized carbons (Fsp3) is 0.417. The molecule has 1 N–H and O–H groups in total. The molecule has 0 radical (unpaired) electrons. The maximum absolute atomic E-state index is 12.6. The van der Waals surface area contributed by atoms with Gasteiger partial charge in [0.1, 0.15) is 17.2 Å². The first-order valence-electron chi connectivity index (χ1n) is 5.88. The summed E-state index contributed by atoms with van der Waals surface area (Å²) in [4.78, 5) is 10.6. The van der Waals surface area contributed by atoms with E-state index in [0.717, 1.165) is 10.4 Å². The minimum Gasteiger partial charge on any atom is -0.495 e. The number of benzene rings is 1. The highest BCUT2D eigenvalue weighted by Gasteiger charge is 2.31. The summed E-state index contributed by atoms with van der Waals surface area (Å²) < 4.78 is 30.9. The van der Waals surface area contributed by atoms with E-state index in [2.05, 4.69) is 0 Å². The van der Waals surface area contributed by atoms with Gasteiger partial charge in [-0.2, -0.15) is 4.31 Å². The Labute approximate surface area is 133 Å². The standard InChI is InChI=1S/C12H15Cl2NO5S/c1-7(2)15(6-12(16)17)21(18,19)11-5-8(13)10(20-3)4-9(11)14/h4-5,7H,6H2,1-3H3,(H,16,17). The average molecular weight is 356 g/mol. The Morgan fingerprint density at radius 3 is 2.33 bits per heavy atom. The van der Waals surface area contributed by atoms with Crippen LogP contribution < -0.4 is 4.74 Å². The predicted octanol–water partition coefficient (Wildman–Crippen LogP) is 2.49. The summed E-state index contributed by atoms with van der Waals surface area (Å²) in [5.41, 5.74) is 0. The molecular formula is C12H15Cl2NO5S. The second-order valence-electron chi connectivity index (χ2n) is 4.45. The highest BCUT2D eigenvalue weighted by Crippen LogP contribution is 2.35. The average Bonchev–Trinajstić information content (AvgIpc) is 2.37. The molecule has 21 heavy (non-hydrogen) atoms. The lowest BCUT2D eigenvalue weighted by Gasteiger charge is -2.24. The molecule has 9 heteroatoms. The van der Waals surface area contributed by atoms with Gasteiger partial charge in [0.25, 0.3) is 0 Å². The smallest absolute Gasteiger partial charge is 0.318 e. The van der Waals surface area contributed by atoms with Crippen molar-refractivity contribution in [3.05, 3.63) is 22.2 Å². The molecule has 0 saturated carbocycles. The maximum atomic E-state index is 12.6. The van der Waals surface area contributed by atoms with Crippen LogP contribution in [0.25, 0.3) is 0 Å². The molecular weight excluding hydrogens is 341 g/mol. The number of carboxylic acids is 1. The van der Waals surface area contributed by atoms with Gasteiger partial charge in [-0.05, 0) is 19.9 Å². The number of sulfonamides is 1. The Morgan fingerprint density at radius 1 is 1.33 bits per heavy atom. The molecule has 0 aliphatic heterocycles. The number of rotatable bonds is 6. The van der Waals surface area contributed by atoms with E-state index >= 15 is 0 Å². The Kier molecular flexibility index (Phi) is 5.86. The number of carboxylic acid groups (broad SMARTS) is 1. The van der Waals surface area contributed by atoms with Crippen LogP contribution in [0.5, 0.6) is 5.75 Å². The summed E-state index contributed by atoms with van der Waals surface area (Å²) >= 11 is 11.9. The summed E-state index contributed by atoms with van der Waals surface area (Å²) in [7, 11) is -2.72. The largest absolute Gasteiger partial charge is 0.495 e. The fourth-order valence-electron chi connectivity index (χ4n) is 1.67. The molecule has 0 aromatic heterocycles. The van der Waals surface area contributed by atoms with Crippen LogP contribution in [-0.4, -0.2) is 43.5 Å². The predicted molar refractivity (Wildman–Crippen MR) is 79.7 cm³/mol. The van der Waals surface area contributed by atoms with Crippen molar-refractivity contribution in [3.63, 3.8) is 0 Å². The molecule has 0 aliphatic carbocycles. The van der Waals surface area contributed by atoms with Crippen molar-refractivity contribution in [2.45, 2.75) is 24.8 Å². The number of aliphatic carboxylic acids is 1. The van der Waals surface area contributed by atoms with E-state index in [0.29, 0.717) is 0 Å². The highest BCUT2D eigenvalue weighted by atomic mass is 35.5. The molecule has 1 aromatic carbocycles. The molecule has 0 amide bonds. The first kappa shape index (κ1) is 18.0. The van der Waals surface area contributed by atoms with Crippen LogP contribution in [0.1, 0.15) is 13.8 Å². The molecule has 0 saturated heterocycles. The Bertz CT molecular complexity index is 645. The SMILES string of the molecule is COc1cc(Cl)c(S(=O)(=O)N(CC(=O)O)C(C)C)cc1Cl. The molecule has 0 aliphatic rings. The molecule has 0 bridgehead atoms. The van der Waals surface area contributed by atoms with E-state index < -0.39 is 28.6 Å². The number of carbonyl (C=O) groups is 1. The third-order valence-corrected chi connectivity index (χ3v) is 5.44. The lowest BCUT2D eigenvalue weighted by Crippen LogP contribution is -2.40. The van der Waals surface area contributed by atoms with Crippen LogP contribution >= 0.6 is 23.2 Å². The van der Waals surface area contributed by atoms with E-state index in [9.17, 15) is 13.2 Å². The van der Waals surface area contributed by atoms with Gasteiger partial charge in [0.2, 0.25) is 10.0 Å². The van der Waals surface area contributed by atoms with Crippen molar-refractivity contribution in [3.8, 4) is 5.75 Å². The molecule has 118 valence electrons. The van der Waals surface area contributed by atoms with Gasteiger partial charge >= 0.3 is 5.97 Å². The summed E-state index contributed by atoms with van der Waals surface area (Å²) in [5, 5.41) is 8.84. The van der Waals surface area contributed by atoms with Crippen LogP contribution in [0.15, 0.2) is 17.0 Å². The second kappa shape index (κ2) is 6.83. The zero-order chi connectivity index (χ0) is 16.4. The summed E-state index contributed by atoms with van der Waals surface area (Å²) in [5.74, 6) is -1.03. The first-order chi connectivity index (χ1) is 9.61. The van der Waals surface area contributed by atoms with Crippen LogP contribution in [0.2, 0.25) is 10.0 Å². The van der Waals surface area contributed by atoms with E-state index in [1.54, 1.807) is 13.8 Å². The van der Waals surface area contributed by atoms with Crippen molar-refractivity contribution in [2.24, 2.45) is 0 Å². The number of halogens is 2. The van der Waals surface area contributed by atoms with E-state index in [1.165, 1.54) is 13.2 Å². The van der Waals surface area contributed by atoms with E-state index in [-0.39, 0.29) is 20.7 Å². The van der Waals surface area contributed by atoms with Crippen LogP contribution in [-0.2, 0) is 14.8 Å². The quantitative estimate of drug-likeness (QED) is 0.847. The van der Waals surface area contributed by atoms with Gasteiger partial charge in [-0.25, -0.2) is 8.42 Å². The molecule has 1 rings (SSSR count). The molecule has 0 atom stereocenters.